The highest BCUT2D eigenvalue weighted by Crippen LogP contribution is 2.22. The van der Waals surface area contributed by atoms with E-state index in [4.69, 9.17) is 4.74 Å². The molecule has 0 radical (unpaired) electrons. The van der Waals surface area contributed by atoms with Crippen LogP contribution in [-0.2, 0) is 6.61 Å². The van der Waals surface area contributed by atoms with Crippen LogP contribution in [0.2, 0.25) is 0 Å². The third-order valence-corrected chi connectivity index (χ3v) is 3.91. The summed E-state index contributed by atoms with van der Waals surface area (Å²) in [7, 11) is 0. The molecular formula is C20H19FN2O2. The summed E-state index contributed by atoms with van der Waals surface area (Å²) in [6.07, 6.45) is 0. The van der Waals surface area contributed by atoms with Gasteiger partial charge in [0.05, 0.1) is 16.9 Å². The van der Waals surface area contributed by atoms with Crippen LogP contribution in [0, 0.1) is 19.7 Å². The van der Waals surface area contributed by atoms with Gasteiger partial charge in [0.1, 0.15) is 18.2 Å². The van der Waals surface area contributed by atoms with Gasteiger partial charge in [-0.1, -0.05) is 12.1 Å². The smallest absolute Gasteiger partial charge is 0.163 e. The molecular weight excluding hydrogens is 319 g/mol. The van der Waals surface area contributed by atoms with E-state index in [0.29, 0.717) is 12.4 Å². The normalized spacial score (nSPS) is 10.7. The minimum absolute atomic E-state index is 0.227. The van der Waals surface area contributed by atoms with Crippen LogP contribution >= 0.6 is 0 Å². The van der Waals surface area contributed by atoms with Crippen LogP contribution in [0.1, 0.15) is 34.2 Å². The first-order valence-electron chi connectivity index (χ1n) is 8.00. The second-order valence-electron chi connectivity index (χ2n) is 5.99. The van der Waals surface area contributed by atoms with Crippen LogP contribution < -0.4 is 4.74 Å². The Labute approximate surface area is 145 Å². The predicted molar refractivity (Wildman–Crippen MR) is 93.8 cm³/mol. The number of ether oxygens (including phenoxy) is 1. The molecule has 0 amide bonds. The van der Waals surface area contributed by atoms with E-state index in [0.717, 1.165) is 22.6 Å². The second-order valence-corrected chi connectivity index (χ2v) is 5.99. The molecule has 0 aliphatic heterocycles. The van der Waals surface area contributed by atoms with Crippen molar-refractivity contribution >= 4 is 5.78 Å². The van der Waals surface area contributed by atoms with Crippen molar-refractivity contribution in [1.82, 2.24) is 9.78 Å². The van der Waals surface area contributed by atoms with Gasteiger partial charge in [-0.2, -0.15) is 5.10 Å². The quantitative estimate of drug-likeness (QED) is 0.647. The number of Topliss-reactive ketones (excluding diaryl/α,β-unsaturated/α-hetero) is 1. The van der Waals surface area contributed by atoms with Crippen LogP contribution in [0.3, 0.4) is 0 Å². The van der Waals surface area contributed by atoms with Gasteiger partial charge in [-0.25, -0.2) is 9.07 Å². The molecule has 3 rings (SSSR count). The summed E-state index contributed by atoms with van der Waals surface area (Å²) >= 11 is 0. The van der Waals surface area contributed by atoms with Crippen molar-refractivity contribution in [2.75, 3.05) is 0 Å². The molecule has 1 heterocycles. The highest BCUT2D eigenvalue weighted by atomic mass is 19.1. The van der Waals surface area contributed by atoms with Gasteiger partial charge in [0.25, 0.3) is 0 Å². The first-order chi connectivity index (χ1) is 11.9. The number of aromatic nitrogens is 2. The molecule has 1 aromatic heterocycles. The summed E-state index contributed by atoms with van der Waals surface area (Å²) in [6, 6.07) is 13.8. The second kappa shape index (κ2) is 6.89. The maximum absolute atomic E-state index is 13.3. The number of hydrogen-bond acceptors (Lipinski definition) is 3. The van der Waals surface area contributed by atoms with Gasteiger partial charge >= 0.3 is 0 Å². The number of aryl methyl sites for hydroxylation is 2. The number of halogens is 1. The van der Waals surface area contributed by atoms with Crippen LogP contribution in [0.5, 0.6) is 5.75 Å². The first kappa shape index (κ1) is 16.9. The summed E-state index contributed by atoms with van der Waals surface area (Å²) in [5, 5.41) is 4.46. The Kier molecular flexibility index (Phi) is 4.65. The lowest BCUT2D eigenvalue weighted by molar-refractivity contribution is 0.101. The maximum Gasteiger partial charge on any atom is 0.163 e. The highest BCUT2D eigenvalue weighted by molar-refractivity contribution is 5.96. The minimum Gasteiger partial charge on any atom is -0.488 e. The molecule has 0 bridgehead atoms. The zero-order valence-electron chi connectivity index (χ0n) is 14.4. The topological polar surface area (TPSA) is 44.1 Å². The summed E-state index contributed by atoms with van der Waals surface area (Å²) in [5.74, 6) is -0.294. The number of ketones is 1. The molecule has 0 saturated heterocycles. The van der Waals surface area contributed by atoms with E-state index in [9.17, 15) is 9.18 Å². The molecule has 0 saturated carbocycles. The fourth-order valence-corrected chi connectivity index (χ4v) is 2.69. The van der Waals surface area contributed by atoms with Crippen molar-refractivity contribution < 1.29 is 13.9 Å². The van der Waals surface area contributed by atoms with E-state index in [-0.39, 0.29) is 11.3 Å². The average Bonchev–Trinajstić information content (AvgIpc) is 2.92. The Morgan fingerprint density at radius 2 is 1.84 bits per heavy atom. The van der Waals surface area contributed by atoms with Gasteiger partial charge in [-0.3, -0.25) is 4.79 Å². The maximum atomic E-state index is 13.3. The molecule has 5 heteroatoms. The number of carbonyl (C=O) groups excluding carboxylic acids is 1. The van der Waals surface area contributed by atoms with E-state index < -0.39 is 5.82 Å². The predicted octanol–water partition coefficient (Wildman–Crippen LogP) is 4.41. The van der Waals surface area contributed by atoms with Crippen molar-refractivity contribution in [2.24, 2.45) is 0 Å². The van der Waals surface area contributed by atoms with Crippen molar-refractivity contribution in [3.05, 3.63) is 76.9 Å². The van der Waals surface area contributed by atoms with E-state index in [1.54, 1.807) is 0 Å². The zero-order chi connectivity index (χ0) is 18.0. The number of hydrogen-bond donors (Lipinski definition) is 0. The Morgan fingerprint density at radius 3 is 2.44 bits per heavy atom. The Morgan fingerprint density at radius 1 is 1.12 bits per heavy atom. The molecule has 25 heavy (non-hydrogen) atoms. The van der Waals surface area contributed by atoms with Gasteiger partial charge < -0.3 is 4.74 Å². The van der Waals surface area contributed by atoms with Gasteiger partial charge in [0.15, 0.2) is 5.78 Å². The summed E-state index contributed by atoms with van der Waals surface area (Å²) in [6.45, 7) is 5.66. The Bertz CT molecular complexity index is 914. The molecule has 2 aromatic carbocycles. The van der Waals surface area contributed by atoms with Crippen molar-refractivity contribution in [1.29, 1.82) is 0 Å². The third kappa shape index (κ3) is 3.76. The molecule has 0 unspecified atom stereocenters. The third-order valence-electron chi connectivity index (χ3n) is 3.91. The summed E-state index contributed by atoms with van der Waals surface area (Å²) < 4.78 is 20.9. The van der Waals surface area contributed by atoms with Gasteiger partial charge in [-0.15, -0.1) is 0 Å². The molecule has 0 fully saturated rings. The summed E-state index contributed by atoms with van der Waals surface area (Å²) in [5.41, 5.74) is 4.21. The standard InChI is InChI=1S/C20H19FN2O2/c1-13-10-14(2)23(22-13)18-7-4-16(5-8-18)12-25-20-9-6-17(21)11-19(20)15(3)24/h4-11H,12H2,1-3H3. The summed E-state index contributed by atoms with van der Waals surface area (Å²) in [4.78, 5) is 11.6. The lowest BCUT2D eigenvalue weighted by Crippen LogP contribution is -2.03. The number of benzene rings is 2. The molecule has 0 atom stereocenters. The molecule has 0 N–H and O–H groups in total. The number of nitrogens with zero attached hydrogens (tertiary/aromatic N) is 2. The van der Waals surface area contributed by atoms with Crippen molar-refractivity contribution in [2.45, 2.75) is 27.4 Å². The van der Waals surface area contributed by atoms with E-state index in [1.807, 2.05) is 48.9 Å². The highest BCUT2D eigenvalue weighted by Gasteiger charge is 2.10. The van der Waals surface area contributed by atoms with Crippen LogP contribution in [-0.4, -0.2) is 15.6 Å². The first-order valence-corrected chi connectivity index (χ1v) is 8.00. The SMILES string of the molecule is CC(=O)c1cc(F)ccc1OCc1ccc(-n2nc(C)cc2C)cc1. The molecule has 0 aliphatic rings. The lowest BCUT2D eigenvalue weighted by atomic mass is 10.1. The monoisotopic (exact) mass is 338 g/mol. The molecule has 0 spiro atoms. The van der Waals surface area contributed by atoms with Crippen LogP contribution in [0.4, 0.5) is 4.39 Å². The van der Waals surface area contributed by atoms with E-state index in [1.165, 1.54) is 25.1 Å². The molecule has 0 aliphatic carbocycles. The lowest BCUT2D eigenvalue weighted by Gasteiger charge is -2.11. The number of rotatable bonds is 5. The molecule has 4 nitrogen and oxygen atoms in total. The van der Waals surface area contributed by atoms with E-state index in [2.05, 4.69) is 5.10 Å². The fraction of sp³-hybridized carbons (Fsp3) is 0.200. The van der Waals surface area contributed by atoms with Crippen molar-refractivity contribution in [3.63, 3.8) is 0 Å². The Hall–Kier alpha value is -2.95. The van der Waals surface area contributed by atoms with Gasteiger partial charge in [0, 0.05) is 5.69 Å². The van der Waals surface area contributed by atoms with E-state index >= 15 is 0 Å². The van der Waals surface area contributed by atoms with Crippen LogP contribution in [0.25, 0.3) is 5.69 Å². The van der Waals surface area contributed by atoms with Crippen molar-refractivity contribution in [3.8, 4) is 11.4 Å². The largest absolute Gasteiger partial charge is 0.488 e. The molecule has 3 aromatic rings. The fourth-order valence-electron chi connectivity index (χ4n) is 2.69. The van der Waals surface area contributed by atoms with Crippen LogP contribution in [0.15, 0.2) is 48.5 Å². The molecule has 128 valence electrons. The number of carbonyl (C=O) groups is 1. The zero-order valence-corrected chi connectivity index (χ0v) is 14.4. The Balaban J connectivity index is 1.75. The van der Waals surface area contributed by atoms with Gasteiger partial charge in [-0.05, 0) is 62.7 Å². The average molecular weight is 338 g/mol. The van der Waals surface area contributed by atoms with Gasteiger partial charge in [0.2, 0.25) is 0 Å². The minimum atomic E-state index is -0.452.